The lowest BCUT2D eigenvalue weighted by Crippen LogP contribution is -2.25. The molecular formula is C16H15N3O5S2. The smallest absolute Gasteiger partial charge is 0.442 e. The van der Waals surface area contributed by atoms with Gasteiger partial charge in [-0.15, -0.1) is 22.7 Å². The number of carbonyl (C=O) groups is 2. The van der Waals surface area contributed by atoms with Crippen molar-refractivity contribution in [3.8, 4) is 10.7 Å². The van der Waals surface area contributed by atoms with Crippen LogP contribution in [0.5, 0.6) is 0 Å². The highest BCUT2D eigenvalue weighted by Crippen LogP contribution is 2.33. The maximum atomic E-state index is 12.5. The largest absolute Gasteiger partial charge is 0.465 e. The molecule has 1 amide bonds. The molecule has 8 nitrogen and oxygen atoms in total. The van der Waals surface area contributed by atoms with Gasteiger partial charge >= 0.3 is 11.7 Å². The first-order valence-electron chi connectivity index (χ1n) is 7.51. The molecule has 10 heteroatoms. The second-order valence-electron chi connectivity index (χ2n) is 5.36. The molecule has 3 rings (SSSR count). The minimum absolute atomic E-state index is 0.284. The molecule has 136 valence electrons. The van der Waals surface area contributed by atoms with Gasteiger partial charge in [0.2, 0.25) is 5.91 Å². The fourth-order valence-electron chi connectivity index (χ4n) is 2.36. The summed E-state index contributed by atoms with van der Waals surface area (Å²) in [5, 5.41) is 8.63. The van der Waals surface area contributed by atoms with E-state index in [4.69, 9.17) is 4.74 Å². The van der Waals surface area contributed by atoms with E-state index in [0.717, 1.165) is 15.0 Å². The summed E-state index contributed by atoms with van der Waals surface area (Å²) >= 11 is 2.65. The van der Waals surface area contributed by atoms with Crippen LogP contribution in [0.25, 0.3) is 10.7 Å². The first kappa shape index (κ1) is 18.1. The number of hydrogen-bond donors (Lipinski definition) is 1. The molecule has 0 aliphatic carbocycles. The van der Waals surface area contributed by atoms with Crippen LogP contribution >= 0.6 is 22.7 Å². The quantitative estimate of drug-likeness (QED) is 0.669. The van der Waals surface area contributed by atoms with E-state index in [1.54, 1.807) is 13.0 Å². The van der Waals surface area contributed by atoms with Crippen LogP contribution in [0.3, 0.4) is 0 Å². The third-order valence-corrected chi connectivity index (χ3v) is 5.75. The van der Waals surface area contributed by atoms with Crippen molar-refractivity contribution < 1.29 is 18.8 Å². The van der Waals surface area contributed by atoms with Gasteiger partial charge in [-0.05, 0) is 30.9 Å². The molecule has 0 aliphatic rings. The number of hydrogen-bond acceptors (Lipinski definition) is 8. The molecule has 0 spiro atoms. The molecule has 26 heavy (non-hydrogen) atoms. The number of aryl methyl sites for hydroxylation is 1. The minimum Gasteiger partial charge on any atom is -0.465 e. The number of methoxy groups -OCH3 is 1. The Morgan fingerprint density at radius 3 is 2.81 bits per heavy atom. The number of esters is 1. The Labute approximate surface area is 156 Å². The van der Waals surface area contributed by atoms with Crippen molar-refractivity contribution in [2.24, 2.45) is 0 Å². The second kappa shape index (κ2) is 7.26. The summed E-state index contributed by atoms with van der Waals surface area (Å²) in [5.74, 6) is -1.44. The van der Waals surface area contributed by atoms with Crippen LogP contribution in [0.15, 0.2) is 26.8 Å². The number of amides is 1. The lowest BCUT2D eigenvalue weighted by Gasteiger charge is -2.07. The van der Waals surface area contributed by atoms with Gasteiger partial charge < -0.3 is 10.1 Å². The van der Waals surface area contributed by atoms with Crippen molar-refractivity contribution in [1.29, 1.82) is 0 Å². The summed E-state index contributed by atoms with van der Waals surface area (Å²) in [6.45, 7) is 3.35. The van der Waals surface area contributed by atoms with Crippen molar-refractivity contribution in [3.05, 3.63) is 44.1 Å². The Morgan fingerprint density at radius 1 is 1.38 bits per heavy atom. The molecule has 3 aromatic heterocycles. The van der Waals surface area contributed by atoms with E-state index in [2.05, 4.69) is 15.0 Å². The molecule has 0 atom stereocenters. The average molecular weight is 393 g/mol. The van der Waals surface area contributed by atoms with Crippen molar-refractivity contribution in [1.82, 2.24) is 9.72 Å². The van der Waals surface area contributed by atoms with E-state index in [9.17, 15) is 14.4 Å². The van der Waals surface area contributed by atoms with E-state index in [1.165, 1.54) is 29.8 Å². The van der Waals surface area contributed by atoms with E-state index < -0.39 is 17.6 Å². The summed E-state index contributed by atoms with van der Waals surface area (Å²) < 4.78 is 10.6. The number of thiophene rings is 2. The summed E-state index contributed by atoms with van der Waals surface area (Å²) in [6, 6.07) is 3.58. The number of nitrogens with zero attached hydrogens (tertiary/aromatic N) is 2. The van der Waals surface area contributed by atoms with Gasteiger partial charge in [0, 0.05) is 4.88 Å². The minimum atomic E-state index is -0.727. The van der Waals surface area contributed by atoms with E-state index in [1.807, 2.05) is 18.4 Å². The molecule has 0 radical (unpaired) electrons. The van der Waals surface area contributed by atoms with Crippen LogP contribution in [0, 0.1) is 13.8 Å². The van der Waals surface area contributed by atoms with Crippen LogP contribution in [0.1, 0.15) is 20.8 Å². The third-order valence-electron chi connectivity index (χ3n) is 3.76. The van der Waals surface area contributed by atoms with Crippen LogP contribution in [0.4, 0.5) is 5.00 Å². The summed E-state index contributed by atoms with van der Waals surface area (Å²) in [7, 11) is 1.28. The van der Waals surface area contributed by atoms with E-state index in [-0.39, 0.29) is 12.4 Å². The predicted molar refractivity (Wildman–Crippen MR) is 97.8 cm³/mol. The summed E-state index contributed by atoms with van der Waals surface area (Å²) in [4.78, 5) is 37.9. The fraction of sp³-hybridized carbons (Fsp3) is 0.250. The van der Waals surface area contributed by atoms with Crippen LogP contribution < -0.4 is 11.1 Å². The molecule has 0 aliphatic heterocycles. The number of nitrogens with one attached hydrogen (secondary N) is 1. The van der Waals surface area contributed by atoms with Gasteiger partial charge in [-0.1, -0.05) is 11.2 Å². The van der Waals surface area contributed by atoms with Crippen molar-refractivity contribution in [3.63, 3.8) is 0 Å². The third kappa shape index (κ3) is 3.33. The molecule has 1 N–H and O–H groups in total. The monoisotopic (exact) mass is 393 g/mol. The van der Waals surface area contributed by atoms with Crippen LogP contribution in [0.2, 0.25) is 0 Å². The highest BCUT2D eigenvalue weighted by atomic mass is 32.1. The van der Waals surface area contributed by atoms with Crippen molar-refractivity contribution in [2.45, 2.75) is 20.4 Å². The van der Waals surface area contributed by atoms with E-state index in [0.29, 0.717) is 15.4 Å². The van der Waals surface area contributed by atoms with Crippen LogP contribution in [-0.4, -0.2) is 28.7 Å². The van der Waals surface area contributed by atoms with Crippen molar-refractivity contribution >= 4 is 39.6 Å². The van der Waals surface area contributed by atoms with Gasteiger partial charge in [0.25, 0.3) is 0 Å². The number of aromatic nitrogens is 2. The number of anilines is 1. The van der Waals surface area contributed by atoms with E-state index >= 15 is 0 Å². The summed E-state index contributed by atoms with van der Waals surface area (Å²) in [6.07, 6.45) is 0. The molecule has 0 bridgehead atoms. The molecule has 0 fully saturated rings. The zero-order valence-electron chi connectivity index (χ0n) is 14.2. The first-order chi connectivity index (χ1) is 12.4. The topological polar surface area (TPSA) is 103 Å². The van der Waals surface area contributed by atoms with Gasteiger partial charge in [0.1, 0.15) is 11.5 Å². The molecule has 3 heterocycles. The van der Waals surface area contributed by atoms with Gasteiger partial charge in [-0.2, -0.15) is 0 Å². The molecule has 0 aromatic carbocycles. The number of rotatable bonds is 5. The fourth-order valence-corrected chi connectivity index (χ4v) is 4.14. The summed E-state index contributed by atoms with van der Waals surface area (Å²) in [5.41, 5.74) is 1.07. The molecule has 0 saturated carbocycles. The lowest BCUT2D eigenvalue weighted by molar-refractivity contribution is -0.116. The highest BCUT2D eigenvalue weighted by molar-refractivity contribution is 7.16. The number of ether oxygens (including phenoxy) is 1. The SMILES string of the molecule is COC(=O)c1c(NC(=O)Cn2c(-c3cccs3)noc2=O)sc(C)c1C. The Kier molecular flexibility index (Phi) is 5.05. The number of carbonyl (C=O) groups excluding carboxylic acids is 2. The zero-order valence-corrected chi connectivity index (χ0v) is 15.8. The zero-order chi connectivity index (χ0) is 18.8. The van der Waals surface area contributed by atoms with Crippen molar-refractivity contribution in [2.75, 3.05) is 12.4 Å². The standard InChI is InChI=1S/C16H15N3O5S2/c1-8-9(2)26-14(12(8)15(21)23-3)17-11(20)7-19-13(18-24-16(19)22)10-5-4-6-25-10/h4-6H,7H2,1-3H3,(H,17,20). The second-order valence-corrected chi connectivity index (χ2v) is 7.54. The van der Waals surface area contributed by atoms with Gasteiger partial charge in [-0.25, -0.2) is 14.2 Å². The normalized spacial score (nSPS) is 10.7. The molecule has 3 aromatic rings. The predicted octanol–water partition coefficient (Wildman–Crippen LogP) is 2.67. The lowest BCUT2D eigenvalue weighted by atomic mass is 10.1. The Bertz CT molecular complexity index is 1010. The molecule has 0 unspecified atom stereocenters. The van der Waals surface area contributed by atoms with Crippen LogP contribution in [-0.2, 0) is 16.1 Å². The molecule has 0 saturated heterocycles. The van der Waals surface area contributed by atoms with Gasteiger partial charge in [-0.3, -0.25) is 9.32 Å². The Hall–Kier alpha value is -2.72. The maximum Gasteiger partial charge on any atom is 0.442 e. The highest BCUT2D eigenvalue weighted by Gasteiger charge is 2.23. The average Bonchev–Trinajstić information content (AvgIpc) is 3.30. The Balaban J connectivity index is 1.86. The molecular weight excluding hydrogens is 378 g/mol. The van der Waals surface area contributed by atoms with Gasteiger partial charge in [0.15, 0.2) is 5.82 Å². The Morgan fingerprint density at radius 2 is 2.15 bits per heavy atom. The van der Waals surface area contributed by atoms with Gasteiger partial charge in [0.05, 0.1) is 17.6 Å². The first-order valence-corrected chi connectivity index (χ1v) is 9.20. The maximum absolute atomic E-state index is 12.5.